The van der Waals surface area contributed by atoms with Gasteiger partial charge in [-0.1, -0.05) is 75.5 Å². The number of aromatic nitrogens is 4. The van der Waals surface area contributed by atoms with Gasteiger partial charge in [0.1, 0.15) is 120 Å². The number of ether oxygens (including phenoxy) is 16. The maximum atomic E-state index is 11.4. The number of thiol groups is 1. The number of benzene rings is 2. The van der Waals surface area contributed by atoms with Crippen molar-refractivity contribution in [2.45, 2.75) is 259 Å². The van der Waals surface area contributed by atoms with Gasteiger partial charge in [-0.05, 0) is 149 Å². The van der Waals surface area contributed by atoms with Gasteiger partial charge in [-0.3, -0.25) is 77.5 Å². The first kappa shape index (κ1) is 117. The van der Waals surface area contributed by atoms with Crippen molar-refractivity contribution in [3.8, 4) is 0 Å². The maximum Gasteiger partial charge on any atom is 0.131 e. The molecule has 6 aliphatic heterocycles. The average molecular weight is 2350 g/mol. The summed E-state index contributed by atoms with van der Waals surface area (Å²) in [7, 11) is 2.35. The van der Waals surface area contributed by atoms with Gasteiger partial charge in [-0.2, -0.15) is 0 Å². The first-order valence-corrected chi connectivity index (χ1v) is 49.8. The van der Waals surface area contributed by atoms with Crippen molar-refractivity contribution in [3.63, 3.8) is 0 Å². The summed E-state index contributed by atoms with van der Waals surface area (Å²) >= 11 is 11.0. The van der Waals surface area contributed by atoms with Gasteiger partial charge in [0.15, 0.2) is 48.8 Å². The van der Waals surface area contributed by atoms with Gasteiger partial charge < -0.3 is 88.4 Å². The van der Waals surface area contributed by atoms with Gasteiger partial charge in [0.05, 0.1) is 6.10 Å². The molecular formula is C97H121Au2ClN4O28P2S2+2. The Morgan fingerprint density at radius 3 is 0.868 bits per heavy atom. The third kappa shape index (κ3) is 35.3. The molecule has 2 saturated carbocycles. The van der Waals surface area contributed by atoms with E-state index in [1.807, 2.05) is 49.1 Å². The number of hydrogen-bond acceptors (Lipinski definition) is 34. The summed E-state index contributed by atoms with van der Waals surface area (Å²) in [5.41, 5.74) is 8.74. The van der Waals surface area contributed by atoms with Gasteiger partial charge in [-0.15, -0.1) is 12.6 Å². The molecule has 10 heterocycles. The Morgan fingerprint density at radius 1 is 0.346 bits per heavy atom. The van der Waals surface area contributed by atoms with Crippen LogP contribution in [-0.4, -0.2) is 215 Å². The number of hydrogen-bond donors (Lipinski definition) is 1. The molecule has 4 saturated heterocycles. The second-order valence-corrected chi connectivity index (χ2v) is 36.7. The van der Waals surface area contributed by atoms with Crippen LogP contribution in [0.1, 0.15) is 192 Å². The van der Waals surface area contributed by atoms with Crippen LogP contribution in [0.2, 0.25) is 0 Å². The van der Waals surface area contributed by atoms with Crippen molar-refractivity contribution < 1.29 is 176 Å². The summed E-state index contributed by atoms with van der Waals surface area (Å²) in [4.78, 5) is 154. The molecule has 6 aromatic rings. The molecule has 136 heavy (non-hydrogen) atoms. The molecular weight excluding hydrogens is 2220 g/mol. The molecule has 0 radical (unpaired) electrons. The van der Waals surface area contributed by atoms with Crippen LogP contribution in [-0.2, 0) is 188 Å². The molecule has 2 aromatic carbocycles. The Bertz CT molecular complexity index is 4540. The molecule has 0 N–H and O–H groups in total. The number of allylic oxidation sites excluding steroid dienone is 4. The van der Waals surface area contributed by atoms with E-state index in [9.17, 15) is 57.5 Å². The molecule has 0 bridgehead atoms. The standard InChI is InChI=1S/2C24H21N2P.C15H22O9.2C14H20O9S.C4H8O.2CH4.2Au.ClH/c2*1-2-10-18(11-3-1)27-23(21-14-6-8-16-25-21)19-12-4-5-13-20(19)24(27)22-15-7-9-17-26-22;1-7-13(22-9(3)17)15(24-11(5)19)14(23-10(4)18)12(21-7)6-20-8(2)16;2*1-6(15)19-5-10-11(20-7(2)16)12(21-8(3)17)13(14(24)23-10)22-9(4)18;1-2-4-5-3-1;;;;;/h2*1-3,6-11,14-17H,4-5,12-13H2;7,12-15H,6H2,1-5H3;2*10-14,24H,5H2,1-4H3;1-4H2;2*1H4;;;1H/q;;;;;;;;2*+1;/t;;7-,12+,13-,14+,15?;2*10-,11-,12?,13-,14+;;;;;;/m..011....../s1. The molecule has 0 spiro atoms. The van der Waals surface area contributed by atoms with Crippen molar-refractivity contribution in [2.75, 3.05) is 33.0 Å². The monoisotopic (exact) mass is 2340 g/mol. The first-order chi connectivity index (χ1) is 63.7. The predicted molar refractivity (Wildman–Crippen MR) is 508 cm³/mol. The van der Waals surface area contributed by atoms with Crippen LogP contribution in [0.4, 0.5) is 0 Å². The number of carbonyl (C=O) groups excluding carboxylic acids is 12. The molecule has 15 atom stereocenters. The van der Waals surface area contributed by atoms with Crippen LogP contribution in [0.25, 0.3) is 21.3 Å². The van der Waals surface area contributed by atoms with E-state index in [2.05, 4.69) is 131 Å². The van der Waals surface area contributed by atoms with Crippen LogP contribution >= 0.6 is 37.7 Å². The molecule has 32 nitrogen and oxygen atoms in total. The fourth-order valence-corrected chi connectivity index (χ4v) is 23.5. The summed E-state index contributed by atoms with van der Waals surface area (Å²) in [5, 5.41) is 8.81. The molecule has 14 rings (SSSR count). The molecule has 746 valence electrons. The van der Waals surface area contributed by atoms with E-state index in [0.29, 0.717) is 0 Å². The number of pyridine rings is 4. The van der Waals surface area contributed by atoms with Crippen molar-refractivity contribution in [1.82, 2.24) is 19.9 Å². The largest absolute Gasteiger partial charge is 0.253 e. The van der Waals surface area contributed by atoms with E-state index in [1.54, 1.807) is 49.2 Å². The topological polar surface area (TPSA) is 404 Å². The third-order valence-corrected chi connectivity index (χ3v) is 27.8. The van der Waals surface area contributed by atoms with E-state index in [-0.39, 0.29) is 57.1 Å². The Morgan fingerprint density at radius 2 is 0.596 bits per heavy atom. The fourth-order valence-electron chi connectivity index (χ4n) is 16.1. The summed E-state index contributed by atoms with van der Waals surface area (Å²) in [5.74, 6) is -7.63. The summed E-state index contributed by atoms with van der Waals surface area (Å²) in [6.07, 6.45) is 6.49. The minimum absolute atomic E-state index is 0. The van der Waals surface area contributed by atoms with Crippen LogP contribution < -0.4 is 10.6 Å². The van der Waals surface area contributed by atoms with Crippen molar-refractivity contribution >= 4 is 154 Å². The van der Waals surface area contributed by atoms with Crippen LogP contribution in [0.3, 0.4) is 0 Å². The third-order valence-electron chi connectivity index (χ3n) is 20.9. The van der Waals surface area contributed by atoms with Crippen LogP contribution in [0.15, 0.2) is 181 Å². The quantitative estimate of drug-likeness (QED) is 0.0175. The Kier molecular flexibility index (Phi) is 51.7. The maximum absolute atomic E-state index is 11.4. The number of esters is 12. The number of halogens is 1. The summed E-state index contributed by atoms with van der Waals surface area (Å²) in [6, 6.07) is 47.2. The number of carbonyl (C=O) groups is 12. The first-order valence-electron chi connectivity index (χ1n) is 43.1. The zero-order valence-electron chi connectivity index (χ0n) is 76.3. The molecule has 2 aliphatic carbocycles. The SMILES string of the molecule is C.C.C1CCOC1.CC(=O)OC[C@H]1O[C@@H](C)[C@H](OC(C)=O)C(OC(C)=O)[C@@H]1OC(C)=O.CC(=O)OC[C@H]1O[C@@H](S)[C@H](OC(C)=O)C(OC(C)=O)[C@@H]1OC(C)=O.CC(=O)OC[C@H]1O[C@@H]([S-])[C@H](OC(C)=O)C(OC(C)=O)[C@@H]1OC(C)=O.[Au+].[Cl][Au].c1ccc([PH+]2C(c3ccccn3)=C3CCCCC3=C2c2ccccn2)cc1.c1ccc([PH+]2C(c3ccccn3)=C3CCCCC3=C2c2ccccn2)cc1. The van der Waals surface area contributed by atoms with Crippen molar-refractivity contribution in [2.24, 2.45) is 0 Å². The minimum Gasteiger partial charge on any atom is -0.253 e. The van der Waals surface area contributed by atoms with Gasteiger partial charge in [0.25, 0.3) is 0 Å². The Labute approximate surface area is 838 Å². The molecule has 39 heteroatoms. The van der Waals surface area contributed by atoms with E-state index in [4.69, 9.17) is 108 Å². The summed E-state index contributed by atoms with van der Waals surface area (Å²) in [6.45, 7) is 16.9. The molecule has 0 amide bonds. The molecule has 8 aliphatic rings. The number of fused-ring (bicyclic) bond motifs is 2. The number of rotatable bonds is 21. The Balaban J connectivity index is 0.000000293. The average Bonchev–Trinajstić information content (AvgIpc) is 1.59. The van der Waals surface area contributed by atoms with E-state index < -0.39 is 178 Å². The predicted octanol–water partition coefficient (Wildman–Crippen LogP) is 14.0. The molecule has 3 unspecified atom stereocenters. The second-order valence-electron chi connectivity index (χ2n) is 31.1. The van der Waals surface area contributed by atoms with Crippen LogP contribution in [0, 0.1) is 0 Å². The minimum atomic E-state index is -1.19. The normalized spacial score (nSPS) is 23.3. The molecule has 4 aromatic heterocycles. The van der Waals surface area contributed by atoms with Gasteiger partial charge >= 0.3 is 123 Å². The smallest absolute Gasteiger partial charge is 0.131 e. The van der Waals surface area contributed by atoms with Crippen molar-refractivity contribution in [3.05, 3.63) is 203 Å². The van der Waals surface area contributed by atoms with Crippen molar-refractivity contribution in [1.29, 1.82) is 0 Å². The van der Waals surface area contributed by atoms with E-state index in [1.165, 1.54) is 138 Å². The Hall–Kier alpha value is -9.19. The zero-order chi connectivity index (χ0) is 97.0. The van der Waals surface area contributed by atoms with E-state index >= 15 is 0 Å². The van der Waals surface area contributed by atoms with Crippen LogP contribution in [0.5, 0.6) is 0 Å². The van der Waals surface area contributed by atoms with Gasteiger partial charge in [0, 0.05) is 143 Å². The number of nitrogens with zero attached hydrogens (tertiary/aromatic N) is 4. The van der Waals surface area contributed by atoms with Gasteiger partial charge in [0.2, 0.25) is 0 Å². The second kappa shape index (κ2) is 59.9. The van der Waals surface area contributed by atoms with Gasteiger partial charge in [-0.25, -0.2) is 0 Å². The molecule has 6 fully saturated rings. The van der Waals surface area contributed by atoms with E-state index in [0.717, 1.165) is 77.5 Å². The zero-order valence-corrected chi connectivity index (χ0v) is 85.1. The fraction of sp³-hybridized carbons (Fsp3) is 0.464. The summed E-state index contributed by atoms with van der Waals surface area (Å²) < 4.78 is 82.5.